The first-order chi connectivity index (χ1) is 15.2. The molecule has 1 heterocycles. The highest BCUT2D eigenvalue weighted by molar-refractivity contribution is 7.19. The van der Waals surface area contributed by atoms with Gasteiger partial charge >= 0.3 is 0 Å². The van der Waals surface area contributed by atoms with E-state index < -0.39 is 0 Å². The van der Waals surface area contributed by atoms with Gasteiger partial charge in [-0.3, -0.25) is 0 Å². The third-order valence-electron chi connectivity index (χ3n) is 5.04. The van der Waals surface area contributed by atoms with Crippen molar-refractivity contribution in [1.29, 1.82) is 0 Å². The van der Waals surface area contributed by atoms with Crippen LogP contribution in [0.25, 0.3) is 44.4 Å². The zero-order valence-corrected chi connectivity index (χ0v) is 18.8. The molecule has 0 amide bonds. The van der Waals surface area contributed by atoms with Gasteiger partial charge in [0.2, 0.25) is 0 Å². The van der Waals surface area contributed by atoms with Gasteiger partial charge in [-0.15, -0.1) is 11.3 Å². The van der Waals surface area contributed by atoms with Gasteiger partial charge in [0, 0.05) is 11.1 Å². The second-order valence-corrected chi connectivity index (χ2v) is 8.17. The second kappa shape index (κ2) is 9.59. The molecule has 0 radical (unpaired) electrons. The Morgan fingerprint density at radius 1 is 0.677 bits per heavy atom. The van der Waals surface area contributed by atoms with Crippen LogP contribution in [0.2, 0.25) is 0 Å². The molecule has 3 aromatic carbocycles. The number of hydrogen-bond donors (Lipinski definition) is 0. The smallest absolute Gasteiger partial charge is 0.124 e. The van der Waals surface area contributed by atoms with E-state index in [1.807, 2.05) is 26.0 Å². The maximum Gasteiger partial charge on any atom is 0.124 e. The molecule has 0 spiro atoms. The van der Waals surface area contributed by atoms with Gasteiger partial charge in [-0.1, -0.05) is 72.8 Å². The monoisotopic (exact) mass is 423 g/mol. The van der Waals surface area contributed by atoms with E-state index in [4.69, 9.17) is 9.72 Å². The summed E-state index contributed by atoms with van der Waals surface area (Å²) in [4.78, 5) is 6.24. The van der Waals surface area contributed by atoms with E-state index in [0.29, 0.717) is 0 Å². The highest BCUT2D eigenvalue weighted by Crippen LogP contribution is 2.41. The molecule has 0 saturated heterocycles. The van der Waals surface area contributed by atoms with E-state index >= 15 is 0 Å². The number of nitrogens with zero attached hydrogens (tertiary/aromatic N) is 1. The Hall–Kier alpha value is -3.43. The molecule has 0 aliphatic rings. The molecule has 0 atom stereocenters. The summed E-state index contributed by atoms with van der Waals surface area (Å²) in [5, 5.41) is 1.00. The lowest BCUT2D eigenvalue weighted by Crippen LogP contribution is -1.84. The van der Waals surface area contributed by atoms with Gasteiger partial charge < -0.3 is 4.74 Å². The lowest BCUT2D eigenvalue weighted by Gasteiger charge is -2.04. The lowest BCUT2D eigenvalue weighted by atomic mass is 10.0. The van der Waals surface area contributed by atoms with Gasteiger partial charge in [-0.25, -0.2) is 4.98 Å². The Kier molecular flexibility index (Phi) is 6.44. The van der Waals surface area contributed by atoms with Crippen molar-refractivity contribution in [2.45, 2.75) is 13.8 Å². The maximum absolute atomic E-state index is 5.31. The van der Waals surface area contributed by atoms with Crippen LogP contribution in [0, 0.1) is 0 Å². The third kappa shape index (κ3) is 4.68. The predicted octanol–water partition coefficient (Wildman–Crippen LogP) is 8.22. The predicted molar refractivity (Wildman–Crippen MR) is 134 cm³/mol. The van der Waals surface area contributed by atoms with E-state index in [1.165, 1.54) is 21.6 Å². The average Bonchev–Trinajstić information content (AvgIpc) is 3.26. The number of ether oxygens (including phenoxy) is 1. The van der Waals surface area contributed by atoms with E-state index in [0.717, 1.165) is 27.6 Å². The van der Waals surface area contributed by atoms with Gasteiger partial charge in [0.15, 0.2) is 0 Å². The molecule has 3 heteroatoms. The molecule has 0 fully saturated rings. The Morgan fingerprint density at radius 2 is 1.19 bits per heavy atom. The summed E-state index contributed by atoms with van der Waals surface area (Å²) >= 11 is 1.72. The van der Waals surface area contributed by atoms with Gasteiger partial charge in [-0.2, -0.15) is 0 Å². The average molecular weight is 424 g/mol. The first-order valence-corrected chi connectivity index (χ1v) is 11.1. The first kappa shape index (κ1) is 20.8. The van der Waals surface area contributed by atoms with Crippen molar-refractivity contribution in [1.82, 2.24) is 4.98 Å². The molecule has 0 N–H and O–H groups in total. The Balaban J connectivity index is 1.81. The summed E-state index contributed by atoms with van der Waals surface area (Å²) in [7, 11) is 1.68. The molecule has 154 valence electrons. The van der Waals surface area contributed by atoms with Gasteiger partial charge in [0.05, 0.1) is 17.7 Å². The Morgan fingerprint density at radius 3 is 1.71 bits per heavy atom. The van der Waals surface area contributed by atoms with Crippen LogP contribution < -0.4 is 4.74 Å². The van der Waals surface area contributed by atoms with Crippen LogP contribution >= 0.6 is 11.3 Å². The number of aromatic nitrogens is 1. The molecular weight excluding hydrogens is 398 g/mol. The van der Waals surface area contributed by atoms with Crippen LogP contribution in [-0.2, 0) is 0 Å². The fourth-order valence-corrected chi connectivity index (χ4v) is 4.55. The Labute approximate surface area is 188 Å². The number of allylic oxidation sites excluding steroid dienone is 2. The molecule has 1 aromatic heterocycles. The van der Waals surface area contributed by atoms with Gasteiger partial charge in [0.1, 0.15) is 10.8 Å². The summed E-state index contributed by atoms with van der Waals surface area (Å²) in [5.74, 6) is 0.847. The van der Waals surface area contributed by atoms with Crippen molar-refractivity contribution in [3.63, 3.8) is 0 Å². The Bertz CT molecular complexity index is 1120. The summed E-state index contributed by atoms with van der Waals surface area (Å²) in [5.41, 5.74) is 6.79. The van der Waals surface area contributed by atoms with Crippen molar-refractivity contribution in [2.75, 3.05) is 7.11 Å². The van der Waals surface area contributed by atoms with E-state index in [2.05, 4.69) is 85.0 Å². The second-order valence-electron chi connectivity index (χ2n) is 7.17. The number of methoxy groups -OCH3 is 1. The minimum Gasteiger partial charge on any atom is -0.497 e. The highest BCUT2D eigenvalue weighted by atomic mass is 32.1. The largest absolute Gasteiger partial charge is 0.497 e. The number of benzene rings is 3. The van der Waals surface area contributed by atoms with Crippen molar-refractivity contribution >= 4 is 23.5 Å². The lowest BCUT2D eigenvalue weighted by molar-refractivity contribution is 0.415. The maximum atomic E-state index is 5.31. The molecule has 2 nitrogen and oxygen atoms in total. The third-order valence-corrected chi connectivity index (χ3v) is 6.19. The van der Waals surface area contributed by atoms with Crippen molar-refractivity contribution in [2.24, 2.45) is 0 Å². The molecule has 0 saturated carbocycles. The highest BCUT2D eigenvalue weighted by Gasteiger charge is 2.16. The topological polar surface area (TPSA) is 22.1 Å². The number of rotatable bonds is 6. The number of hydrogen-bond acceptors (Lipinski definition) is 3. The summed E-state index contributed by atoms with van der Waals surface area (Å²) < 4.78 is 5.31. The molecule has 0 aliphatic carbocycles. The van der Waals surface area contributed by atoms with Crippen LogP contribution in [0.15, 0.2) is 84.9 Å². The summed E-state index contributed by atoms with van der Waals surface area (Å²) in [6, 6.07) is 25.3. The van der Waals surface area contributed by atoms with Crippen LogP contribution in [0.4, 0.5) is 0 Å². The quantitative estimate of drug-likeness (QED) is 0.312. The van der Waals surface area contributed by atoms with E-state index in [9.17, 15) is 0 Å². The van der Waals surface area contributed by atoms with Crippen molar-refractivity contribution in [3.8, 4) is 38.0 Å². The standard InChI is InChI=1S/C28H25NOS/c1-4-6-20-8-12-22(13-9-20)26-27(23-14-10-21(7-5-2)11-15-23)31-28(29-26)24-16-18-25(30-3)19-17-24/h4-19H,1-3H3/b6-4+,7-5+. The molecule has 0 aliphatic heterocycles. The van der Waals surface area contributed by atoms with Gasteiger partial charge in [0.25, 0.3) is 0 Å². The van der Waals surface area contributed by atoms with Gasteiger partial charge in [-0.05, 0) is 54.8 Å². The van der Waals surface area contributed by atoms with Crippen molar-refractivity contribution in [3.05, 3.63) is 96.1 Å². The van der Waals surface area contributed by atoms with Crippen molar-refractivity contribution < 1.29 is 4.74 Å². The molecule has 0 unspecified atom stereocenters. The fourth-order valence-electron chi connectivity index (χ4n) is 3.45. The molecule has 0 bridgehead atoms. The van der Waals surface area contributed by atoms with Crippen LogP contribution in [0.5, 0.6) is 5.75 Å². The molecule has 31 heavy (non-hydrogen) atoms. The fraction of sp³-hybridized carbons (Fsp3) is 0.107. The van der Waals surface area contributed by atoms with E-state index in [1.54, 1.807) is 18.4 Å². The zero-order valence-electron chi connectivity index (χ0n) is 18.0. The van der Waals surface area contributed by atoms with Crippen LogP contribution in [0.3, 0.4) is 0 Å². The minimum absolute atomic E-state index is 0.847. The summed E-state index contributed by atoms with van der Waals surface area (Å²) in [6.07, 6.45) is 8.33. The van der Waals surface area contributed by atoms with Crippen LogP contribution in [0.1, 0.15) is 25.0 Å². The van der Waals surface area contributed by atoms with Crippen LogP contribution in [-0.4, -0.2) is 12.1 Å². The normalized spacial score (nSPS) is 11.5. The number of thiazole rings is 1. The molecule has 4 aromatic rings. The first-order valence-electron chi connectivity index (χ1n) is 10.3. The molecule has 4 rings (SSSR count). The zero-order chi connectivity index (χ0) is 21.6. The summed E-state index contributed by atoms with van der Waals surface area (Å²) in [6.45, 7) is 4.07. The SMILES string of the molecule is C/C=C/c1ccc(-c2nc(-c3ccc(OC)cc3)sc2-c2ccc(/C=C/C)cc2)cc1. The van der Waals surface area contributed by atoms with E-state index in [-0.39, 0.29) is 0 Å². The minimum atomic E-state index is 0.847. The molecular formula is C28H25NOS.